The van der Waals surface area contributed by atoms with Crippen molar-refractivity contribution in [3.63, 3.8) is 0 Å². The SMILES string of the molecule is Cc1ccc(CSc2nnc(SCC(=O)NN=Cc3cc(Br)cc(Br)c3O)s2)cc1. The molecule has 0 radical (unpaired) electrons. The lowest BCUT2D eigenvalue weighted by Crippen LogP contribution is -2.19. The van der Waals surface area contributed by atoms with E-state index >= 15 is 0 Å². The van der Waals surface area contributed by atoms with Crippen molar-refractivity contribution in [2.75, 3.05) is 5.75 Å². The number of hydrogen-bond acceptors (Lipinski definition) is 8. The van der Waals surface area contributed by atoms with Crippen molar-refractivity contribution in [3.05, 3.63) is 62.0 Å². The Kier molecular flexibility index (Phi) is 8.75. The zero-order valence-electron chi connectivity index (χ0n) is 15.6. The highest BCUT2D eigenvalue weighted by Gasteiger charge is 2.09. The van der Waals surface area contributed by atoms with Crippen LogP contribution in [0.1, 0.15) is 16.7 Å². The van der Waals surface area contributed by atoms with Gasteiger partial charge in [-0.25, -0.2) is 5.43 Å². The van der Waals surface area contributed by atoms with Crippen LogP contribution in [0.25, 0.3) is 0 Å². The second kappa shape index (κ2) is 11.3. The van der Waals surface area contributed by atoms with Crippen LogP contribution in [0.2, 0.25) is 0 Å². The van der Waals surface area contributed by atoms with E-state index in [1.54, 1.807) is 23.9 Å². The molecular weight excluding hydrogens is 572 g/mol. The normalized spacial score (nSPS) is 11.2. The average Bonchev–Trinajstić information content (AvgIpc) is 3.17. The molecule has 0 saturated carbocycles. The van der Waals surface area contributed by atoms with Gasteiger partial charge in [0.2, 0.25) is 0 Å². The molecule has 0 aliphatic heterocycles. The molecule has 6 nitrogen and oxygen atoms in total. The number of halogens is 2. The molecule has 3 aromatic rings. The fraction of sp³-hybridized carbons (Fsp3) is 0.158. The van der Waals surface area contributed by atoms with Crippen LogP contribution in [0.3, 0.4) is 0 Å². The molecule has 1 aromatic heterocycles. The molecule has 0 bridgehead atoms. The van der Waals surface area contributed by atoms with Crippen LogP contribution in [0.5, 0.6) is 5.75 Å². The topological polar surface area (TPSA) is 87.5 Å². The van der Waals surface area contributed by atoms with E-state index in [4.69, 9.17) is 0 Å². The summed E-state index contributed by atoms with van der Waals surface area (Å²) < 4.78 is 2.91. The Morgan fingerprint density at radius 2 is 1.90 bits per heavy atom. The Bertz CT molecular complexity index is 1060. The highest BCUT2D eigenvalue weighted by atomic mass is 79.9. The molecule has 30 heavy (non-hydrogen) atoms. The van der Waals surface area contributed by atoms with Crippen molar-refractivity contribution >= 4 is 78.8 Å². The number of thioether (sulfide) groups is 2. The number of hydrazone groups is 1. The second-order valence-corrected chi connectivity index (χ2v) is 11.2. The summed E-state index contributed by atoms with van der Waals surface area (Å²) in [6.07, 6.45) is 1.39. The van der Waals surface area contributed by atoms with Gasteiger partial charge in [0.15, 0.2) is 8.68 Å². The van der Waals surface area contributed by atoms with Crippen molar-refractivity contribution in [1.29, 1.82) is 0 Å². The number of phenolic OH excluding ortho intramolecular Hbond substituents is 1. The molecule has 0 unspecified atom stereocenters. The molecule has 0 aliphatic carbocycles. The van der Waals surface area contributed by atoms with Crippen LogP contribution in [-0.4, -0.2) is 33.2 Å². The highest BCUT2D eigenvalue weighted by Crippen LogP contribution is 2.31. The zero-order chi connectivity index (χ0) is 21.5. The lowest BCUT2D eigenvalue weighted by atomic mass is 10.2. The van der Waals surface area contributed by atoms with Gasteiger partial charge in [-0.3, -0.25) is 4.79 Å². The van der Waals surface area contributed by atoms with Gasteiger partial charge < -0.3 is 5.11 Å². The number of rotatable bonds is 8. The first-order valence-corrected chi connectivity index (χ1v) is 12.9. The maximum Gasteiger partial charge on any atom is 0.250 e. The Balaban J connectivity index is 1.44. The van der Waals surface area contributed by atoms with E-state index in [1.165, 1.54) is 40.4 Å². The second-order valence-electron chi connectivity index (χ2n) is 6.02. The van der Waals surface area contributed by atoms with E-state index in [-0.39, 0.29) is 17.4 Å². The molecule has 0 atom stereocenters. The van der Waals surface area contributed by atoms with Crippen molar-refractivity contribution in [1.82, 2.24) is 15.6 Å². The Morgan fingerprint density at radius 3 is 2.63 bits per heavy atom. The van der Waals surface area contributed by atoms with Gasteiger partial charge in [-0.05, 0) is 40.5 Å². The zero-order valence-corrected chi connectivity index (χ0v) is 21.3. The molecule has 0 spiro atoms. The van der Waals surface area contributed by atoms with E-state index in [0.717, 1.165) is 18.9 Å². The maximum absolute atomic E-state index is 12.0. The van der Waals surface area contributed by atoms with Gasteiger partial charge in [-0.2, -0.15) is 5.10 Å². The lowest BCUT2D eigenvalue weighted by Gasteiger charge is -2.03. The minimum absolute atomic E-state index is 0.0510. The number of amides is 1. The van der Waals surface area contributed by atoms with E-state index < -0.39 is 0 Å². The highest BCUT2D eigenvalue weighted by molar-refractivity contribution is 9.11. The molecule has 1 amide bonds. The number of carbonyl (C=O) groups is 1. The first kappa shape index (κ1) is 23.3. The predicted octanol–water partition coefficient (Wildman–Crippen LogP) is 5.61. The largest absolute Gasteiger partial charge is 0.506 e. The summed E-state index contributed by atoms with van der Waals surface area (Å²) in [7, 11) is 0. The molecule has 2 aromatic carbocycles. The van der Waals surface area contributed by atoms with Crippen molar-refractivity contribution < 1.29 is 9.90 Å². The van der Waals surface area contributed by atoms with Crippen LogP contribution in [0, 0.1) is 6.92 Å². The molecule has 0 aliphatic rings. The number of aromatic hydroxyl groups is 1. The summed E-state index contributed by atoms with van der Waals surface area (Å²) in [5.74, 6) is 0.778. The maximum atomic E-state index is 12.0. The summed E-state index contributed by atoms with van der Waals surface area (Å²) in [6, 6.07) is 11.8. The molecule has 1 heterocycles. The molecule has 0 fully saturated rings. The van der Waals surface area contributed by atoms with Crippen molar-refractivity contribution in [2.24, 2.45) is 5.10 Å². The van der Waals surface area contributed by atoms with Gasteiger partial charge in [0.1, 0.15) is 5.75 Å². The average molecular weight is 588 g/mol. The Morgan fingerprint density at radius 1 is 1.20 bits per heavy atom. The number of phenols is 1. The molecule has 156 valence electrons. The number of hydrogen-bond donors (Lipinski definition) is 2. The fourth-order valence-electron chi connectivity index (χ4n) is 2.16. The number of nitrogens with zero attached hydrogens (tertiary/aromatic N) is 3. The van der Waals surface area contributed by atoms with Crippen molar-refractivity contribution in [3.8, 4) is 5.75 Å². The van der Waals surface area contributed by atoms with Crippen LogP contribution in [0.15, 0.2) is 59.1 Å². The third-order valence-electron chi connectivity index (χ3n) is 3.65. The summed E-state index contributed by atoms with van der Waals surface area (Å²) >= 11 is 11.0. The van der Waals surface area contributed by atoms with Gasteiger partial charge >= 0.3 is 0 Å². The summed E-state index contributed by atoms with van der Waals surface area (Å²) in [5.41, 5.74) is 5.39. The van der Waals surface area contributed by atoms with Gasteiger partial charge in [-0.15, -0.1) is 10.2 Å². The number of carbonyl (C=O) groups excluding carboxylic acids is 1. The number of nitrogens with one attached hydrogen (secondary N) is 1. The smallest absolute Gasteiger partial charge is 0.250 e. The fourth-order valence-corrected chi connectivity index (χ4v) is 6.19. The quantitative estimate of drug-likeness (QED) is 0.202. The minimum Gasteiger partial charge on any atom is -0.506 e. The molecule has 3 rings (SSSR count). The molecule has 0 saturated heterocycles. The van der Waals surface area contributed by atoms with Gasteiger partial charge in [-0.1, -0.05) is 80.6 Å². The lowest BCUT2D eigenvalue weighted by molar-refractivity contribution is -0.118. The summed E-state index contributed by atoms with van der Waals surface area (Å²) in [6.45, 7) is 2.07. The molecule has 2 N–H and O–H groups in total. The molecular formula is C19H16Br2N4O2S3. The standard InChI is InChI=1S/C19H16Br2N4O2S3/c1-11-2-4-12(5-3-11)9-28-18-24-25-19(30-18)29-10-16(26)23-22-8-13-6-14(20)7-15(21)17(13)27/h2-8,27H,9-10H2,1H3,(H,23,26). The van der Waals surface area contributed by atoms with Crippen LogP contribution >= 0.6 is 66.7 Å². The van der Waals surface area contributed by atoms with E-state index in [9.17, 15) is 9.90 Å². The first-order chi connectivity index (χ1) is 14.4. The Labute approximate surface area is 203 Å². The third-order valence-corrected chi connectivity index (χ3v) is 7.97. The summed E-state index contributed by atoms with van der Waals surface area (Å²) in [4.78, 5) is 12.0. The molecule has 11 heteroatoms. The van der Waals surface area contributed by atoms with Gasteiger partial charge in [0.05, 0.1) is 16.4 Å². The third kappa shape index (κ3) is 7.09. The van der Waals surface area contributed by atoms with E-state index in [2.05, 4.69) is 83.8 Å². The number of aryl methyl sites for hydroxylation is 1. The number of benzene rings is 2. The van der Waals surface area contributed by atoms with Crippen molar-refractivity contribution in [2.45, 2.75) is 21.4 Å². The van der Waals surface area contributed by atoms with Crippen LogP contribution in [0.4, 0.5) is 0 Å². The predicted molar refractivity (Wildman–Crippen MR) is 131 cm³/mol. The van der Waals surface area contributed by atoms with Gasteiger partial charge in [0, 0.05) is 15.8 Å². The van der Waals surface area contributed by atoms with Gasteiger partial charge in [0.25, 0.3) is 5.91 Å². The first-order valence-electron chi connectivity index (χ1n) is 8.55. The monoisotopic (exact) mass is 586 g/mol. The van der Waals surface area contributed by atoms with E-state index in [0.29, 0.717) is 10.0 Å². The summed E-state index contributed by atoms with van der Waals surface area (Å²) in [5, 5.41) is 22.2. The minimum atomic E-state index is -0.270. The van der Waals surface area contributed by atoms with Crippen LogP contribution in [-0.2, 0) is 10.5 Å². The number of aromatic nitrogens is 2. The van der Waals surface area contributed by atoms with Crippen LogP contribution < -0.4 is 5.43 Å². The van der Waals surface area contributed by atoms with E-state index in [1.807, 2.05) is 0 Å². The Hall–Kier alpha value is -1.40.